The van der Waals surface area contributed by atoms with Gasteiger partial charge in [-0.25, -0.2) is 0 Å². The summed E-state index contributed by atoms with van der Waals surface area (Å²) in [5, 5.41) is 9.61. The Morgan fingerprint density at radius 3 is 2.41 bits per heavy atom. The highest BCUT2D eigenvalue weighted by atomic mass is 16.5. The molecule has 0 amide bonds. The van der Waals surface area contributed by atoms with E-state index >= 15 is 0 Å². The molecule has 0 spiro atoms. The van der Waals surface area contributed by atoms with Crippen LogP contribution in [0.4, 0.5) is 0 Å². The monoisotopic (exact) mass is 505 g/mol. The molecule has 3 aromatic rings. The summed E-state index contributed by atoms with van der Waals surface area (Å²) >= 11 is 0. The standard InChI is InChI=1S/C29H31NO7/c1-30(18-19-7-5-8-21(31)13-19)11-6-12-36-22-9-10-23-24(17-22)37-25(28(23)32)14-20-15-26(33-2)29(35-4)27(16-20)34-3/h5,7-10,13-17,31H,6,11-12,18H2,1-4H3/b25-14-. The van der Waals surface area contributed by atoms with Crippen molar-refractivity contribution in [3.8, 4) is 34.5 Å². The first kappa shape index (κ1) is 25.9. The Balaban J connectivity index is 1.36. The number of phenolic OH excluding ortho intramolecular Hbond substituents is 1. The van der Waals surface area contributed by atoms with Gasteiger partial charge in [0.05, 0.1) is 33.5 Å². The molecule has 194 valence electrons. The molecule has 1 N–H and O–H groups in total. The highest BCUT2D eigenvalue weighted by Gasteiger charge is 2.28. The predicted molar refractivity (Wildman–Crippen MR) is 140 cm³/mol. The zero-order valence-electron chi connectivity index (χ0n) is 21.4. The maximum Gasteiger partial charge on any atom is 0.231 e. The number of methoxy groups -OCH3 is 3. The Hall–Kier alpha value is -4.17. The van der Waals surface area contributed by atoms with E-state index in [1.54, 1.807) is 48.5 Å². The van der Waals surface area contributed by atoms with Crippen molar-refractivity contribution in [2.75, 3.05) is 41.5 Å². The number of carbonyl (C=O) groups is 1. The summed E-state index contributed by atoms with van der Waals surface area (Å²) in [7, 11) is 6.64. The lowest BCUT2D eigenvalue weighted by atomic mass is 10.1. The summed E-state index contributed by atoms with van der Waals surface area (Å²) < 4.78 is 27.9. The fraction of sp³-hybridized carbons (Fsp3) is 0.276. The Bertz CT molecular complexity index is 1280. The molecule has 0 saturated heterocycles. The van der Waals surface area contributed by atoms with E-state index in [-0.39, 0.29) is 17.3 Å². The van der Waals surface area contributed by atoms with Crippen molar-refractivity contribution in [3.63, 3.8) is 0 Å². The zero-order chi connectivity index (χ0) is 26.4. The van der Waals surface area contributed by atoms with Gasteiger partial charge in [0.1, 0.15) is 17.2 Å². The average molecular weight is 506 g/mol. The molecule has 0 aliphatic carbocycles. The van der Waals surface area contributed by atoms with Crippen LogP contribution < -0.4 is 23.7 Å². The number of rotatable bonds is 11. The van der Waals surface area contributed by atoms with E-state index in [1.807, 2.05) is 19.2 Å². The van der Waals surface area contributed by atoms with Gasteiger partial charge in [-0.3, -0.25) is 4.79 Å². The van der Waals surface area contributed by atoms with Gasteiger partial charge in [0.2, 0.25) is 11.5 Å². The minimum absolute atomic E-state index is 0.204. The van der Waals surface area contributed by atoms with Gasteiger partial charge in [0.25, 0.3) is 0 Å². The molecule has 0 radical (unpaired) electrons. The lowest BCUT2D eigenvalue weighted by Crippen LogP contribution is -2.20. The summed E-state index contributed by atoms with van der Waals surface area (Å²) in [6.07, 6.45) is 2.47. The van der Waals surface area contributed by atoms with Crippen molar-refractivity contribution in [2.45, 2.75) is 13.0 Å². The van der Waals surface area contributed by atoms with Gasteiger partial charge in [0.15, 0.2) is 17.3 Å². The van der Waals surface area contributed by atoms with Crippen LogP contribution in [0.5, 0.6) is 34.5 Å². The Morgan fingerprint density at radius 1 is 0.973 bits per heavy atom. The molecule has 8 nitrogen and oxygen atoms in total. The molecule has 0 saturated carbocycles. The number of benzene rings is 3. The SMILES string of the molecule is COc1cc(/C=C2\Oc3cc(OCCCN(C)Cc4cccc(O)c4)ccc3C2=O)cc(OC)c1OC. The number of aromatic hydroxyl groups is 1. The van der Waals surface area contributed by atoms with Gasteiger partial charge in [-0.15, -0.1) is 0 Å². The van der Waals surface area contributed by atoms with Gasteiger partial charge >= 0.3 is 0 Å². The van der Waals surface area contributed by atoms with E-state index in [2.05, 4.69) is 4.90 Å². The molecule has 3 aromatic carbocycles. The second-order valence-electron chi connectivity index (χ2n) is 8.67. The van der Waals surface area contributed by atoms with Gasteiger partial charge in [-0.2, -0.15) is 0 Å². The quantitative estimate of drug-likeness (QED) is 0.290. The highest BCUT2D eigenvalue weighted by molar-refractivity contribution is 6.14. The third kappa shape index (κ3) is 6.16. The number of ether oxygens (including phenoxy) is 5. The first-order valence-electron chi connectivity index (χ1n) is 11.9. The number of Topliss-reactive ketones (excluding diaryl/α,β-unsaturated/α-hetero) is 1. The van der Waals surface area contributed by atoms with Crippen molar-refractivity contribution in [1.29, 1.82) is 0 Å². The van der Waals surface area contributed by atoms with Crippen LogP contribution in [0.25, 0.3) is 6.08 Å². The van der Waals surface area contributed by atoms with Crippen molar-refractivity contribution in [3.05, 3.63) is 77.0 Å². The van der Waals surface area contributed by atoms with Crippen molar-refractivity contribution in [2.24, 2.45) is 0 Å². The van der Waals surface area contributed by atoms with E-state index in [4.69, 9.17) is 23.7 Å². The van der Waals surface area contributed by atoms with E-state index in [0.717, 1.165) is 25.1 Å². The first-order chi connectivity index (χ1) is 17.9. The number of allylic oxidation sites excluding steroid dienone is 1. The molecule has 0 bridgehead atoms. The molecule has 1 heterocycles. The molecule has 4 rings (SSSR count). The lowest BCUT2D eigenvalue weighted by molar-refractivity contribution is 0.101. The summed E-state index contributed by atoms with van der Waals surface area (Å²) in [4.78, 5) is 15.1. The van der Waals surface area contributed by atoms with Crippen molar-refractivity contribution < 1.29 is 33.6 Å². The van der Waals surface area contributed by atoms with Crippen LogP contribution in [0.3, 0.4) is 0 Å². The molecule has 37 heavy (non-hydrogen) atoms. The van der Waals surface area contributed by atoms with Gasteiger partial charge in [-0.05, 0) is 67.1 Å². The second-order valence-corrected chi connectivity index (χ2v) is 8.67. The van der Waals surface area contributed by atoms with Crippen molar-refractivity contribution in [1.82, 2.24) is 4.90 Å². The number of phenols is 1. The molecule has 0 fully saturated rings. The first-order valence-corrected chi connectivity index (χ1v) is 11.9. The van der Waals surface area contributed by atoms with E-state index in [1.165, 1.54) is 21.3 Å². The van der Waals surface area contributed by atoms with Crippen LogP contribution in [0.15, 0.2) is 60.4 Å². The number of nitrogens with zero attached hydrogens (tertiary/aromatic N) is 1. The van der Waals surface area contributed by atoms with Crippen LogP contribution in [-0.4, -0.2) is 57.3 Å². The largest absolute Gasteiger partial charge is 0.508 e. The highest BCUT2D eigenvalue weighted by Crippen LogP contribution is 2.40. The minimum Gasteiger partial charge on any atom is -0.508 e. The number of hydrogen-bond donors (Lipinski definition) is 1. The maximum atomic E-state index is 12.9. The number of fused-ring (bicyclic) bond motifs is 1. The molecule has 1 aliphatic rings. The maximum absolute atomic E-state index is 12.9. The van der Waals surface area contributed by atoms with Gasteiger partial charge in [-0.1, -0.05) is 12.1 Å². The third-order valence-electron chi connectivity index (χ3n) is 5.94. The van der Waals surface area contributed by atoms with Crippen LogP contribution in [0, 0.1) is 0 Å². The Kier molecular flexibility index (Phi) is 8.20. The molecule has 0 aromatic heterocycles. The molecular formula is C29H31NO7. The molecule has 1 aliphatic heterocycles. The Labute approximate surface area is 216 Å². The fourth-order valence-corrected chi connectivity index (χ4v) is 4.16. The second kappa shape index (κ2) is 11.7. The third-order valence-corrected chi connectivity index (χ3v) is 5.94. The lowest BCUT2D eigenvalue weighted by Gasteiger charge is -2.17. The normalized spacial score (nSPS) is 13.4. The van der Waals surface area contributed by atoms with E-state index in [0.29, 0.717) is 46.5 Å². The summed E-state index contributed by atoms with van der Waals surface area (Å²) in [5.74, 6) is 2.81. The summed E-state index contributed by atoms with van der Waals surface area (Å²) in [5.41, 5.74) is 2.22. The average Bonchev–Trinajstić information content (AvgIpc) is 3.20. The van der Waals surface area contributed by atoms with Gasteiger partial charge in [0, 0.05) is 19.2 Å². The fourth-order valence-electron chi connectivity index (χ4n) is 4.16. The number of hydrogen-bond acceptors (Lipinski definition) is 8. The topological polar surface area (TPSA) is 86.7 Å². The zero-order valence-corrected chi connectivity index (χ0v) is 21.4. The number of ketones is 1. The number of carbonyl (C=O) groups excluding carboxylic acids is 1. The van der Waals surface area contributed by atoms with Crippen LogP contribution in [-0.2, 0) is 6.54 Å². The molecular weight excluding hydrogens is 474 g/mol. The minimum atomic E-state index is -0.205. The molecule has 0 atom stereocenters. The molecule has 8 heteroatoms. The van der Waals surface area contributed by atoms with Crippen LogP contribution in [0.1, 0.15) is 27.9 Å². The van der Waals surface area contributed by atoms with E-state index in [9.17, 15) is 9.90 Å². The molecule has 0 unspecified atom stereocenters. The predicted octanol–water partition coefficient (Wildman–Crippen LogP) is 4.94. The Morgan fingerprint density at radius 2 is 1.73 bits per heavy atom. The smallest absolute Gasteiger partial charge is 0.231 e. The van der Waals surface area contributed by atoms with Crippen LogP contribution >= 0.6 is 0 Å². The van der Waals surface area contributed by atoms with Gasteiger partial charge < -0.3 is 33.7 Å². The van der Waals surface area contributed by atoms with Crippen LogP contribution in [0.2, 0.25) is 0 Å². The summed E-state index contributed by atoms with van der Waals surface area (Å²) in [6.45, 7) is 2.09. The van der Waals surface area contributed by atoms with E-state index < -0.39 is 0 Å². The van der Waals surface area contributed by atoms with Crippen molar-refractivity contribution >= 4 is 11.9 Å². The summed E-state index contributed by atoms with van der Waals surface area (Å²) in [6, 6.07) is 16.0.